The maximum absolute atomic E-state index is 12.4. The van der Waals surface area contributed by atoms with E-state index in [0.29, 0.717) is 13.2 Å². The standard InChI is InChI=1S/C24H38O6/c25-17-11-5-1-3-7-13-19-29-23(27)21-15-9-10-16-22(21)24(28)30-20-14-8-4-2-6-12-18-26/h9-10,15-16,25-26H,1-8,11-14,17-20H2. The molecular weight excluding hydrogens is 384 g/mol. The van der Waals surface area contributed by atoms with Gasteiger partial charge in [-0.15, -0.1) is 0 Å². The molecule has 0 saturated heterocycles. The van der Waals surface area contributed by atoms with Crippen LogP contribution >= 0.6 is 0 Å². The molecule has 0 spiro atoms. The van der Waals surface area contributed by atoms with Crippen LogP contribution in [0.5, 0.6) is 0 Å². The molecule has 170 valence electrons. The Balaban J connectivity index is 2.29. The van der Waals surface area contributed by atoms with E-state index in [-0.39, 0.29) is 24.3 Å². The minimum Gasteiger partial charge on any atom is -0.462 e. The monoisotopic (exact) mass is 422 g/mol. The van der Waals surface area contributed by atoms with Crippen molar-refractivity contribution in [2.45, 2.75) is 77.0 Å². The zero-order valence-corrected chi connectivity index (χ0v) is 18.2. The van der Waals surface area contributed by atoms with E-state index in [1.807, 2.05) is 0 Å². The van der Waals surface area contributed by atoms with E-state index < -0.39 is 11.9 Å². The smallest absolute Gasteiger partial charge is 0.339 e. The highest BCUT2D eigenvalue weighted by molar-refractivity contribution is 6.03. The van der Waals surface area contributed by atoms with Crippen LogP contribution < -0.4 is 0 Å². The second-order valence-corrected chi connectivity index (χ2v) is 7.51. The van der Waals surface area contributed by atoms with Gasteiger partial charge in [-0.25, -0.2) is 9.59 Å². The van der Waals surface area contributed by atoms with E-state index >= 15 is 0 Å². The molecule has 0 saturated carbocycles. The van der Waals surface area contributed by atoms with Crippen LogP contribution in [0.4, 0.5) is 0 Å². The quantitative estimate of drug-likeness (QED) is 0.264. The van der Waals surface area contributed by atoms with Crippen LogP contribution in [-0.2, 0) is 9.47 Å². The lowest BCUT2D eigenvalue weighted by Gasteiger charge is -2.10. The molecular formula is C24H38O6. The number of hydrogen-bond donors (Lipinski definition) is 2. The SMILES string of the molecule is O=C(OCCCCCCCCO)c1ccccc1C(=O)OCCCCCCCCO. The lowest BCUT2D eigenvalue weighted by atomic mass is 10.1. The van der Waals surface area contributed by atoms with E-state index in [1.54, 1.807) is 24.3 Å². The third-order valence-electron chi connectivity index (χ3n) is 4.94. The van der Waals surface area contributed by atoms with Crippen LogP contribution in [0, 0.1) is 0 Å². The Kier molecular flexibility index (Phi) is 15.6. The van der Waals surface area contributed by atoms with E-state index in [9.17, 15) is 9.59 Å². The van der Waals surface area contributed by atoms with Gasteiger partial charge in [0, 0.05) is 13.2 Å². The Morgan fingerprint density at radius 1 is 0.567 bits per heavy atom. The van der Waals surface area contributed by atoms with Gasteiger partial charge in [0.25, 0.3) is 0 Å². The molecule has 6 nitrogen and oxygen atoms in total. The number of aliphatic hydroxyl groups is 2. The Morgan fingerprint density at radius 2 is 0.900 bits per heavy atom. The van der Waals surface area contributed by atoms with Crippen LogP contribution in [0.1, 0.15) is 97.8 Å². The van der Waals surface area contributed by atoms with Crippen LogP contribution in [0.25, 0.3) is 0 Å². The van der Waals surface area contributed by atoms with Gasteiger partial charge in [0.05, 0.1) is 24.3 Å². The molecule has 0 bridgehead atoms. The first-order valence-electron chi connectivity index (χ1n) is 11.4. The molecule has 0 atom stereocenters. The summed E-state index contributed by atoms with van der Waals surface area (Å²) in [6.45, 7) is 1.15. The van der Waals surface area contributed by atoms with E-state index in [0.717, 1.165) is 77.0 Å². The number of carbonyl (C=O) groups excluding carboxylic acids is 2. The molecule has 1 aromatic rings. The molecule has 1 aromatic carbocycles. The van der Waals surface area contributed by atoms with Gasteiger partial charge in [-0.1, -0.05) is 63.5 Å². The number of unbranched alkanes of at least 4 members (excludes halogenated alkanes) is 10. The molecule has 0 unspecified atom stereocenters. The number of esters is 2. The Bertz CT molecular complexity index is 536. The van der Waals surface area contributed by atoms with Gasteiger partial charge in [0.15, 0.2) is 0 Å². The minimum absolute atomic E-state index is 0.241. The number of carbonyl (C=O) groups is 2. The van der Waals surface area contributed by atoms with Crippen LogP contribution in [0.15, 0.2) is 24.3 Å². The first-order valence-corrected chi connectivity index (χ1v) is 11.4. The zero-order valence-electron chi connectivity index (χ0n) is 18.2. The first-order chi connectivity index (χ1) is 14.7. The molecule has 30 heavy (non-hydrogen) atoms. The number of rotatable bonds is 18. The summed E-state index contributed by atoms with van der Waals surface area (Å²) < 4.78 is 10.7. The minimum atomic E-state index is -0.494. The maximum Gasteiger partial charge on any atom is 0.339 e. The van der Waals surface area contributed by atoms with Crippen molar-refractivity contribution in [2.75, 3.05) is 26.4 Å². The summed E-state index contributed by atoms with van der Waals surface area (Å²) in [6.07, 6.45) is 11.5. The summed E-state index contributed by atoms with van der Waals surface area (Å²) in [6, 6.07) is 6.60. The predicted octanol–water partition coefficient (Wildman–Crippen LogP) is 4.67. The highest BCUT2D eigenvalue weighted by Crippen LogP contribution is 2.14. The summed E-state index contributed by atoms with van der Waals surface area (Å²) >= 11 is 0. The van der Waals surface area contributed by atoms with Crippen LogP contribution in [0.2, 0.25) is 0 Å². The van der Waals surface area contributed by atoms with Gasteiger partial charge in [-0.05, 0) is 37.8 Å². The Labute approximate surface area is 180 Å². The molecule has 0 radical (unpaired) electrons. The highest BCUT2D eigenvalue weighted by Gasteiger charge is 2.18. The topological polar surface area (TPSA) is 93.1 Å². The third kappa shape index (κ3) is 11.9. The van der Waals surface area contributed by atoms with Gasteiger partial charge >= 0.3 is 11.9 Å². The number of aliphatic hydroxyl groups excluding tert-OH is 2. The largest absolute Gasteiger partial charge is 0.462 e. The van der Waals surface area contributed by atoms with Crippen molar-refractivity contribution in [1.29, 1.82) is 0 Å². The third-order valence-corrected chi connectivity index (χ3v) is 4.94. The van der Waals surface area contributed by atoms with Crippen molar-refractivity contribution in [3.63, 3.8) is 0 Å². The number of benzene rings is 1. The fourth-order valence-electron chi connectivity index (χ4n) is 3.17. The molecule has 0 heterocycles. The summed E-state index contributed by atoms with van der Waals surface area (Å²) in [5.74, 6) is -0.988. The normalized spacial score (nSPS) is 10.7. The van der Waals surface area contributed by atoms with Gasteiger partial charge in [0.2, 0.25) is 0 Å². The molecule has 0 aliphatic heterocycles. The second-order valence-electron chi connectivity index (χ2n) is 7.51. The molecule has 0 aliphatic carbocycles. The van der Waals surface area contributed by atoms with Crippen LogP contribution in [0.3, 0.4) is 0 Å². The fraction of sp³-hybridized carbons (Fsp3) is 0.667. The summed E-state index contributed by atoms with van der Waals surface area (Å²) in [5.41, 5.74) is 0.490. The lowest BCUT2D eigenvalue weighted by molar-refractivity contribution is 0.0450. The van der Waals surface area contributed by atoms with Crippen molar-refractivity contribution in [2.24, 2.45) is 0 Å². The van der Waals surface area contributed by atoms with Crippen molar-refractivity contribution < 1.29 is 29.3 Å². The summed E-state index contributed by atoms with van der Waals surface area (Å²) in [7, 11) is 0. The molecule has 0 fully saturated rings. The van der Waals surface area contributed by atoms with Gasteiger partial charge < -0.3 is 19.7 Å². The fourth-order valence-corrected chi connectivity index (χ4v) is 3.17. The molecule has 0 amide bonds. The predicted molar refractivity (Wildman–Crippen MR) is 117 cm³/mol. The van der Waals surface area contributed by atoms with E-state index in [1.165, 1.54) is 0 Å². The molecule has 0 aliphatic rings. The van der Waals surface area contributed by atoms with Crippen molar-refractivity contribution in [3.05, 3.63) is 35.4 Å². The number of hydrogen-bond acceptors (Lipinski definition) is 6. The molecule has 0 aromatic heterocycles. The average Bonchev–Trinajstić information content (AvgIpc) is 2.77. The van der Waals surface area contributed by atoms with E-state index in [4.69, 9.17) is 19.7 Å². The Hall–Kier alpha value is -1.92. The van der Waals surface area contributed by atoms with Crippen LogP contribution in [-0.4, -0.2) is 48.6 Å². The summed E-state index contributed by atoms with van der Waals surface area (Å²) in [5, 5.41) is 17.5. The lowest BCUT2D eigenvalue weighted by Crippen LogP contribution is -2.15. The average molecular weight is 423 g/mol. The molecule has 6 heteroatoms. The first kappa shape index (κ1) is 26.1. The van der Waals surface area contributed by atoms with Gasteiger partial charge in [-0.3, -0.25) is 0 Å². The Morgan fingerprint density at radius 3 is 1.27 bits per heavy atom. The van der Waals surface area contributed by atoms with Gasteiger partial charge in [-0.2, -0.15) is 0 Å². The molecule has 1 rings (SSSR count). The van der Waals surface area contributed by atoms with Gasteiger partial charge in [0.1, 0.15) is 0 Å². The summed E-state index contributed by atoms with van der Waals surface area (Å²) in [4.78, 5) is 24.7. The maximum atomic E-state index is 12.4. The highest BCUT2D eigenvalue weighted by atomic mass is 16.5. The number of ether oxygens (including phenoxy) is 2. The zero-order chi connectivity index (χ0) is 21.9. The van der Waals surface area contributed by atoms with E-state index in [2.05, 4.69) is 0 Å². The molecule has 2 N–H and O–H groups in total. The van der Waals surface area contributed by atoms with Crippen molar-refractivity contribution in [3.8, 4) is 0 Å². The van der Waals surface area contributed by atoms with Crippen molar-refractivity contribution in [1.82, 2.24) is 0 Å². The van der Waals surface area contributed by atoms with Crippen molar-refractivity contribution >= 4 is 11.9 Å². The second kappa shape index (κ2) is 17.9.